The Kier molecular flexibility index (Phi) is 3.17. The Morgan fingerprint density at radius 2 is 1.89 bits per heavy atom. The molecule has 1 N–H and O–H groups in total. The highest BCUT2D eigenvalue weighted by Gasteiger charge is 2.28. The lowest BCUT2D eigenvalue weighted by Crippen LogP contribution is -2.07. The summed E-state index contributed by atoms with van der Waals surface area (Å²) in [5.41, 5.74) is 1.27. The summed E-state index contributed by atoms with van der Waals surface area (Å²) < 4.78 is 27.9. The first-order valence-electron chi connectivity index (χ1n) is 5.53. The molecule has 0 radical (unpaired) electrons. The molecule has 18 heavy (non-hydrogen) atoms. The van der Waals surface area contributed by atoms with E-state index >= 15 is 0 Å². The Morgan fingerprint density at radius 1 is 1.28 bits per heavy atom. The Bertz CT molecular complexity index is 541. The minimum absolute atomic E-state index is 0.0425. The van der Waals surface area contributed by atoms with Crippen molar-refractivity contribution in [3.63, 3.8) is 0 Å². The van der Waals surface area contributed by atoms with Gasteiger partial charge < -0.3 is 9.67 Å². The highest BCUT2D eigenvalue weighted by molar-refractivity contribution is 5.56. The number of alkyl halides is 2. The highest BCUT2D eigenvalue weighted by atomic mass is 19.3. The van der Waals surface area contributed by atoms with Crippen LogP contribution in [-0.4, -0.2) is 14.7 Å². The first-order valence-corrected chi connectivity index (χ1v) is 5.53. The van der Waals surface area contributed by atoms with Crippen LogP contribution in [-0.2, 0) is 19.6 Å². The number of aliphatic hydroxyl groups is 1. The number of aromatic nitrogens is 2. The third kappa shape index (κ3) is 2.41. The smallest absolute Gasteiger partial charge is 0.288 e. The van der Waals surface area contributed by atoms with Crippen molar-refractivity contribution in [2.45, 2.75) is 19.5 Å². The number of aliphatic hydroxyl groups excluding tert-OH is 1. The largest absolute Gasteiger partial charge is 0.392 e. The summed E-state index contributed by atoms with van der Waals surface area (Å²) in [5.74, 6) is -2.46. The summed E-state index contributed by atoms with van der Waals surface area (Å²) >= 11 is 0. The molecule has 3 nitrogen and oxygen atoms in total. The number of rotatable bonds is 3. The van der Waals surface area contributed by atoms with Crippen molar-refractivity contribution in [3.05, 3.63) is 41.7 Å². The standard InChI is InChI=1S/C13H14F2N2O/c1-13(14,15)11-7-17(2)12(16-11)10-5-3-9(8-18)4-6-10/h3-7,18H,8H2,1-2H3. The van der Waals surface area contributed by atoms with E-state index in [0.29, 0.717) is 5.82 Å². The molecule has 0 aliphatic carbocycles. The molecular formula is C13H14F2N2O. The third-order valence-electron chi connectivity index (χ3n) is 2.72. The van der Waals surface area contributed by atoms with Crippen LogP contribution in [0, 0.1) is 0 Å². The first-order chi connectivity index (χ1) is 8.41. The minimum atomic E-state index is -2.94. The summed E-state index contributed by atoms with van der Waals surface area (Å²) in [4.78, 5) is 3.96. The monoisotopic (exact) mass is 252 g/mol. The van der Waals surface area contributed by atoms with E-state index in [9.17, 15) is 8.78 Å². The molecule has 1 aromatic carbocycles. The third-order valence-corrected chi connectivity index (χ3v) is 2.72. The van der Waals surface area contributed by atoms with Gasteiger partial charge in [0.25, 0.3) is 5.92 Å². The average Bonchev–Trinajstić information content (AvgIpc) is 2.71. The van der Waals surface area contributed by atoms with Crippen LogP contribution in [0.25, 0.3) is 11.4 Å². The second kappa shape index (κ2) is 4.49. The number of hydrogen-bond acceptors (Lipinski definition) is 2. The Hall–Kier alpha value is -1.75. The summed E-state index contributed by atoms with van der Waals surface area (Å²) in [6, 6.07) is 7.00. The molecule has 0 amide bonds. The fourth-order valence-electron chi connectivity index (χ4n) is 1.71. The van der Waals surface area contributed by atoms with Crippen molar-refractivity contribution in [1.29, 1.82) is 0 Å². The Labute approximate surface area is 104 Å². The van der Waals surface area contributed by atoms with E-state index in [0.717, 1.165) is 18.1 Å². The molecule has 1 aromatic heterocycles. The van der Waals surface area contributed by atoms with E-state index in [4.69, 9.17) is 5.11 Å². The van der Waals surface area contributed by atoms with Crippen LogP contribution in [0.15, 0.2) is 30.5 Å². The molecule has 1 heterocycles. The van der Waals surface area contributed by atoms with Crippen LogP contribution in [0.5, 0.6) is 0 Å². The Morgan fingerprint density at radius 3 is 2.33 bits per heavy atom. The van der Waals surface area contributed by atoms with Gasteiger partial charge in [-0.2, -0.15) is 8.78 Å². The first kappa shape index (κ1) is 12.7. The van der Waals surface area contributed by atoms with E-state index in [1.165, 1.54) is 6.20 Å². The molecule has 0 saturated heterocycles. The molecule has 0 aliphatic heterocycles. The van der Waals surface area contributed by atoms with Gasteiger partial charge in [0.2, 0.25) is 0 Å². The van der Waals surface area contributed by atoms with Crippen LogP contribution in [0.1, 0.15) is 18.2 Å². The van der Waals surface area contributed by atoms with Gasteiger partial charge in [-0.15, -0.1) is 0 Å². The van der Waals surface area contributed by atoms with Crippen LogP contribution < -0.4 is 0 Å². The number of aryl methyl sites for hydroxylation is 1. The van der Waals surface area contributed by atoms with Gasteiger partial charge in [-0.3, -0.25) is 0 Å². The van der Waals surface area contributed by atoms with Gasteiger partial charge in [0.1, 0.15) is 11.5 Å². The van der Waals surface area contributed by atoms with Crippen molar-refractivity contribution < 1.29 is 13.9 Å². The summed E-state index contributed by atoms with van der Waals surface area (Å²) in [6.07, 6.45) is 1.33. The summed E-state index contributed by atoms with van der Waals surface area (Å²) in [6.45, 7) is 0.785. The van der Waals surface area contributed by atoms with Gasteiger partial charge in [-0.25, -0.2) is 4.98 Å². The molecule has 0 bridgehead atoms. The maximum atomic E-state index is 13.2. The average molecular weight is 252 g/mol. The maximum Gasteiger partial charge on any atom is 0.288 e. The van der Waals surface area contributed by atoms with Crippen LogP contribution >= 0.6 is 0 Å². The SMILES string of the molecule is Cn1cc(C(C)(F)F)nc1-c1ccc(CO)cc1. The molecule has 0 aliphatic rings. The summed E-state index contributed by atoms with van der Waals surface area (Å²) in [7, 11) is 1.68. The van der Waals surface area contributed by atoms with Crippen molar-refractivity contribution in [1.82, 2.24) is 9.55 Å². The molecule has 0 atom stereocenters. The van der Waals surface area contributed by atoms with Gasteiger partial charge in [-0.05, 0) is 5.56 Å². The number of halogens is 2. The van der Waals surface area contributed by atoms with Crippen LogP contribution in [0.2, 0.25) is 0 Å². The quantitative estimate of drug-likeness (QED) is 0.912. The topological polar surface area (TPSA) is 38.0 Å². The summed E-state index contributed by atoms with van der Waals surface area (Å²) in [5, 5.41) is 8.94. The molecule has 2 rings (SSSR count). The van der Waals surface area contributed by atoms with E-state index in [2.05, 4.69) is 4.98 Å². The highest BCUT2D eigenvalue weighted by Crippen LogP contribution is 2.28. The Balaban J connectivity index is 2.41. The molecule has 5 heteroatoms. The minimum Gasteiger partial charge on any atom is -0.392 e. The maximum absolute atomic E-state index is 13.2. The predicted octanol–water partition coefficient (Wildman–Crippen LogP) is 2.69. The molecule has 2 aromatic rings. The lowest BCUT2D eigenvalue weighted by Gasteiger charge is -2.04. The lowest BCUT2D eigenvalue weighted by atomic mass is 10.1. The fourth-order valence-corrected chi connectivity index (χ4v) is 1.71. The van der Waals surface area contributed by atoms with Crippen LogP contribution in [0.4, 0.5) is 8.78 Å². The van der Waals surface area contributed by atoms with Crippen molar-refractivity contribution in [2.24, 2.45) is 7.05 Å². The number of benzene rings is 1. The van der Waals surface area contributed by atoms with Gasteiger partial charge in [-0.1, -0.05) is 24.3 Å². The van der Waals surface area contributed by atoms with Crippen molar-refractivity contribution in [3.8, 4) is 11.4 Å². The molecule has 0 spiro atoms. The number of hydrogen-bond donors (Lipinski definition) is 1. The van der Waals surface area contributed by atoms with E-state index < -0.39 is 5.92 Å². The normalized spacial score (nSPS) is 11.8. The molecular weight excluding hydrogens is 238 g/mol. The van der Waals surface area contributed by atoms with E-state index in [-0.39, 0.29) is 12.3 Å². The van der Waals surface area contributed by atoms with Gasteiger partial charge in [0, 0.05) is 25.7 Å². The zero-order valence-corrected chi connectivity index (χ0v) is 10.2. The van der Waals surface area contributed by atoms with Crippen molar-refractivity contribution in [2.75, 3.05) is 0 Å². The number of nitrogens with zero attached hydrogens (tertiary/aromatic N) is 2. The lowest BCUT2D eigenvalue weighted by molar-refractivity contribution is 0.0131. The van der Waals surface area contributed by atoms with E-state index in [1.807, 2.05) is 0 Å². The van der Waals surface area contributed by atoms with Crippen LogP contribution in [0.3, 0.4) is 0 Å². The second-order valence-corrected chi connectivity index (χ2v) is 4.30. The van der Waals surface area contributed by atoms with Gasteiger partial charge in [0.15, 0.2) is 0 Å². The second-order valence-electron chi connectivity index (χ2n) is 4.30. The van der Waals surface area contributed by atoms with Gasteiger partial charge in [0.05, 0.1) is 6.61 Å². The van der Waals surface area contributed by atoms with Gasteiger partial charge >= 0.3 is 0 Å². The molecule has 0 unspecified atom stereocenters. The molecule has 0 saturated carbocycles. The molecule has 96 valence electrons. The fraction of sp³-hybridized carbons (Fsp3) is 0.308. The van der Waals surface area contributed by atoms with E-state index in [1.54, 1.807) is 35.9 Å². The zero-order chi connectivity index (χ0) is 13.3. The number of imidazole rings is 1. The zero-order valence-electron chi connectivity index (χ0n) is 10.2. The molecule has 0 fully saturated rings. The van der Waals surface area contributed by atoms with Crippen molar-refractivity contribution >= 4 is 0 Å². The predicted molar refractivity (Wildman–Crippen MR) is 64.1 cm³/mol.